The molecular formula is C18H18N2O2S. The van der Waals surface area contributed by atoms with Gasteiger partial charge in [-0.25, -0.2) is 13.4 Å². The Balaban J connectivity index is 1.95. The number of aromatic nitrogens is 1. The Morgan fingerprint density at radius 3 is 2.39 bits per heavy atom. The summed E-state index contributed by atoms with van der Waals surface area (Å²) in [6.45, 7) is 4.04. The number of sulfonamides is 1. The maximum Gasteiger partial charge on any atom is 0.263 e. The molecule has 0 aliphatic carbocycles. The fourth-order valence-corrected chi connectivity index (χ4v) is 3.40. The van der Waals surface area contributed by atoms with Crippen molar-refractivity contribution in [3.63, 3.8) is 0 Å². The molecule has 2 aromatic carbocycles. The van der Waals surface area contributed by atoms with Gasteiger partial charge in [-0.2, -0.15) is 0 Å². The van der Waals surface area contributed by atoms with Crippen LogP contribution < -0.4 is 4.72 Å². The lowest BCUT2D eigenvalue weighted by atomic mass is 10.1. The van der Waals surface area contributed by atoms with Crippen LogP contribution in [-0.2, 0) is 10.0 Å². The van der Waals surface area contributed by atoms with Crippen molar-refractivity contribution >= 4 is 26.6 Å². The summed E-state index contributed by atoms with van der Waals surface area (Å²) in [6, 6.07) is 18.1. The molecule has 0 aliphatic rings. The number of nitrogens with zero attached hydrogens (tertiary/aromatic N) is 1. The highest BCUT2D eigenvalue weighted by Crippen LogP contribution is 2.21. The second-order valence-corrected chi connectivity index (χ2v) is 7.40. The van der Waals surface area contributed by atoms with E-state index in [0.717, 1.165) is 16.5 Å². The first-order valence-corrected chi connectivity index (χ1v) is 8.92. The number of nitrogens with one attached hydrogen (secondary N) is 1. The fourth-order valence-electron chi connectivity index (χ4n) is 2.36. The van der Waals surface area contributed by atoms with Crippen molar-refractivity contribution < 1.29 is 8.42 Å². The molecule has 0 saturated heterocycles. The molecule has 118 valence electrons. The Labute approximate surface area is 136 Å². The van der Waals surface area contributed by atoms with Gasteiger partial charge in [-0.1, -0.05) is 50.2 Å². The van der Waals surface area contributed by atoms with E-state index in [1.165, 1.54) is 0 Å². The quantitative estimate of drug-likeness (QED) is 0.783. The van der Waals surface area contributed by atoms with Crippen LogP contribution in [-0.4, -0.2) is 13.4 Å². The van der Waals surface area contributed by atoms with Crippen LogP contribution in [0.15, 0.2) is 65.6 Å². The van der Waals surface area contributed by atoms with Crippen LogP contribution in [0.25, 0.3) is 10.8 Å². The molecule has 0 atom stereocenters. The third kappa shape index (κ3) is 3.35. The van der Waals surface area contributed by atoms with E-state index in [4.69, 9.17) is 0 Å². The average Bonchev–Trinajstić information content (AvgIpc) is 2.54. The monoisotopic (exact) mass is 326 g/mol. The second-order valence-electron chi connectivity index (χ2n) is 5.72. The van der Waals surface area contributed by atoms with E-state index >= 15 is 0 Å². The zero-order valence-corrected chi connectivity index (χ0v) is 13.8. The molecule has 1 N–H and O–H groups in total. The Kier molecular flexibility index (Phi) is 4.05. The fraction of sp³-hybridized carbons (Fsp3) is 0.167. The van der Waals surface area contributed by atoms with E-state index in [2.05, 4.69) is 9.71 Å². The molecule has 3 rings (SSSR count). The highest BCUT2D eigenvalue weighted by Gasteiger charge is 2.15. The van der Waals surface area contributed by atoms with Crippen LogP contribution in [0.3, 0.4) is 0 Å². The molecule has 4 nitrogen and oxygen atoms in total. The lowest BCUT2D eigenvalue weighted by Gasteiger charge is -2.10. The highest BCUT2D eigenvalue weighted by molar-refractivity contribution is 7.92. The Morgan fingerprint density at radius 2 is 1.65 bits per heavy atom. The van der Waals surface area contributed by atoms with Gasteiger partial charge < -0.3 is 0 Å². The van der Waals surface area contributed by atoms with E-state index in [-0.39, 0.29) is 10.8 Å². The van der Waals surface area contributed by atoms with Gasteiger partial charge in [0.05, 0.1) is 4.90 Å². The third-order valence-electron chi connectivity index (χ3n) is 3.63. The number of rotatable bonds is 4. The van der Waals surface area contributed by atoms with Crippen LogP contribution in [0.2, 0.25) is 0 Å². The smallest absolute Gasteiger partial charge is 0.263 e. The molecule has 0 bridgehead atoms. The predicted octanol–water partition coefficient (Wildman–Crippen LogP) is 4.16. The van der Waals surface area contributed by atoms with Crippen molar-refractivity contribution in [2.45, 2.75) is 24.7 Å². The molecule has 1 heterocycles. The number of benzene rings is 2. The maximum absolute atomic E-state index is 12.6. The molecule has 23 heavy (non-hydrogen) atoms. The van der Waals surface area contributed by atoms with Crippen LogP contribution in [0.4, 0.5) is 5.82 Å². The first-order chi connectivity index (χ1) is 11.0. The highest BCUT2D eigenvalue weighted by atomic mass is 32.2. The number of anilines is 1. The summed E-state index contributed by atoms with van der Waals surface area (Å²) in [6.07, 6.45) is 0. The second kappa shape index (κ2) is 6.01. The molecular weight excluding hydrogens is 308 g/mol. The average molecular weight is 326 g/mol. The van der Waals surface area contributed by atoms with Gasteiger partial charge in [0.15, 0.2) is 0 Å². The summed E-state index contributed by atoms with van der Waals surface area (Å²) in [7, 11) is -3.66. The van der Waals surface area contributed by atoms with Gasteiger partial charge in [-0.15, -0.1) is 0 Å². The lowest BCUT2D eigenvalue weighted by molar-refractivity contribution is 0.601. The first kappa shape index (κ1) is 15.5. The summed E-state index contributed by atoms with van der Waals surface area (Å²) in [5.41, 5.74) is 0.851. The van der Waals surface area contributed by atoms with Crippen molar-refractivity contribution in [2.75, 3.05) is 4.72 Å². The zero-order chi connectivity index (χ0) is 16.4. The van der Waals surface area contributed by atoms with Crippen LogP contribution in [0.1, 0.15) is 25.5 Å². The minimum Gasteiger partial charge on any atom is -0.263 e. The van der Waals surface area contributed by atoms with E-state index in [9.17, 15) is 8.42 Å². The Bertz CT molecular complexity index is 950. The minimum absolute atomic E-state index is 0.230. The standard InChI is InChI=1S/C18H18N2O2S/c1-13(2)17-8-5-9-18(19-17)20-23(21,22)16-11-10-14-6-3-4-7-15(14)12-16/h3-13H,1-2H3,(H,19,20). The zero-order valence-electron chi connectivity index (χ0n) is 13.0. The molecule has 0 saturated carbocycles. The van der Waals surface area contributed by atoms with Crippen molar-refractivity contribution in [1.29, 1.82) is 0 Å². The number of pyridine rings is 1. The predicted molar refractivity (Wildman–Crippen MR) is 93.1 cm³/mol. The topological polar surface area (TPSA) is 59.1 Å². The van der Waals surface area contributed by atoms with Gasteiger partial charge in [0.1, 0.15) is 5.82 Å². The Hall–Kier alpha value is -2.40. The molecule has 1 aromatic heterocycles. The van der Waals surface area contributed by atoms with Crippen LogP contribution in [0, 0.1) is 0 Å². The van der Waals surface area contributed by atoms with Crippen molar-refractivity contribution in [2.24, 2.45) is 0 Å². The van der Waals surface area contributed by atoms with Gasteiger partial charge >= 0.3 is 0 Å². The van der Waals surface area contributed by atoms with E-state index < -0.39 is 10.0 Å². The third-order valence-corrected chi connectivity index (χ3v) is 4.98. The molecule has 5 heteroatoms. The maximum atomic E-state index is 12.6. The summed E-state index contributed by atoms with van der Waals surface area (Å²) in [4.78, 5) is 4.58. The molecule has 0 fully saturated rings. The van der Waals surface area contributed by atoms with E-state index in [1.807, 2.05) is 50.2 Å². The lowest BCUT2D eigenvalue weighted by Crippen LogP contribution is -2.14. The number of hydrogen-bond donors (Lipinski definition) is 1. The normalized spacial score (nSPS) is 11.8. The molecule has 0 amide bonds. The molecule has 0 aliphatic heterocycles. The van der Waals surface area contributed by atoms with E-state index in [1.54, 1.807) is 24.3 Å². The largest absolute Gasteiger partial charge is 0.263 e. The summed E-state index contributed by atoms with van der Waals surface area (Å²) >= 11 is 0. The van der Waals surface area contributed by atoms with Gasteiger partial charge in [0, 0.05) is 5.69 Å². The Morgan fingerprint density at radius 1 is 0.913 bits per heavy atom. The van der Waals surface area contributed by atoms with Gasteiger partial charge in [-0.05, 0) is 41.0 Å². The van der Waals surface area contributed by atoms with Crippen molar-refractivity contribution in [1.82, 2.24) is 4.98 Å². The van der Waals surface area contributed by atoms with Gasteiger partial charge in [-0.3, -0.25) is 4.72 Å². The number of hydrogen-bond acceptors (Lipinski definition) is 3. The first-order valence-electron chi connectivity index (χ1n) is 7.44. The molecule has 0 unspecified atom stereocenters. The number of fused-ring (bicyclic) bond motifs is 1. The van der Waals surface area contributed by atoms with Gasteiger partial charge in [0.25, 0.3) is 10.0 Å². The summed E-state index contributed by atoms with van der Waals surface area (Å²) in [5.74, 6) is 0.574. The molecule has 3 aromatic rings. The van der Waals surface area contributed by atoms with Crippen molar-refractivity contribution in [3.8, 4) is 0 Å². The van der Waals surface area contributed by atoms with Crippen LogP contribution >= 0.6 is 0 Å². The van der Waals surface area contributed by atoms with Crippen LogP contribution in [0.5, 0.6) is 0 Å². The van der Waals surface area contributed by atoms with Gasteiger partial charge in [0.2, 0.25) is 0 Å². The minimum atomic E-state index is -3.66. The summed E-state index contributed by atoms with van der Waals surface area (Å²) < 4.78 is 27.7. The molecule has 0 spiro atoms. The van der Waals surface area contributed by atoms with E-state index in [0.29, 0.717) is 5.82 Å². The van der Waals surface area contributed by atoms with Crippen molar-refractivity contribution in [3.05, 3.63) is 66.4 Å². The summed E-state index contributed by atoms with van der Waals surface area (Å²) in [5, 5.41) is 1.89. The SMILES string of the molecule is CC(C)c1cccc(NS(=O)(=O)c2ccc3ccccc3c2)n1. The molecule has 0 radical (unpaired) electrons.